The van der Waals surface area contributed by atoms with Crippen LogP contribution in [-0.4, -0.2) is 63.3 Å². The Labute approximate surface area is 229 Å². The molecule has 0 radical (unpaired) electrons. The predicted molar refractivity (Wildman–Crippen MR) is 149 cm³/mol. The van der Waals surface area contributed by atoms with Crippen LogP contribution in [0.1, 0.15) is 44.4 Å². The first kappa shape index (κ1) is 29.5. The molecule has 3 atom stereocenters. The van der Waals surface area contributed by atoms with E-state index in [1.54, 1.807) is 0 Å². The molecule has 0 aromatic heterocycles. The lowest BCUT2D eigenvalue weighted by Gasteiger charge is -2.33. The lowest BCUT2D eigenvalue weighted by atomic mass is 9.97. The first-order valence-corrected chi connectivity index (χ1v) is 13.9. The average molecular weight is 542 g/mol. The van der Waals surface area contributed by atoms with Gasteiger partial charge in [0.25, 0.3) is 5.91 Å². The largest absolute Gasteiger partial charge is 0.449 e. The van der Waals surface area contributed by atoms with Gasteiger partial charge in [0.2, 0.25) is 5.91 Å². The van der Waals surface area contributed by atoms with Crippen molar-refractivity contribution in [2.45, 2.75) is 70.5 Å². The summed E-state index contributed by atoms with van der Waals surface area (Å²) < 4.78 is 4.68. The number of ether oxygens (including phenoxy) is 1. The van der Waals surface area contributed by atoms with Gasteiger partial charge in [-0.05, 0) is 49.8 Å². The minimum atomic E-state index is -1.57. The van der Waals surface area contributed by atoms with Gasteiger partial charge in [-0.2, -0.15) is 0 Å². The molecule has 0 bridgehead atoms. The molecular weight excluding hydrogens is 502 g/mol. The summed E-state index contributed by atoms with van der Waals surface area (Å²) in [6.45, 7) is 10.2. The van der Waals surface area contributed by atoms with Crippen molar-refractivity contribution >= 4 is 29.7 Å². The van der Waals surface area contributed by atoms with Crippen molar-refractivity contribution in [2.24, 2.45) is 5.92 Å². The van der Waals surface area contributed by atoms with Gasteiger partial charge in [0, 0.05) is 11.3 Å². The van der Waals surface area contributed by atoms with Gasteiger partial charge in [-0.15, -0.1) is 11.8 Å². The van der Waals surface area contributed by atoms with Crippen molar-refractivity contribution in [1.82, 2.24) is 15.5 Å². The van der Waals surface area contributed by atoms with E-state index >= 15 is 0 Å². The number of nitrogens with zero attached hydrogens (tertiary/aromatic N) is 1. The van der Waals surface area contributed by atoms with Crippen molar-refractivity contribution in [1.29, 1.82) is 0 Å². The van der Waals surface area contributed by atoms with Crippen LogP contribution in [0.2, 0.25) is 0 Å². The summed E-state index contributed by atoms with van der Waals surface area (Å²) in [6, 6.07) is 15.4. The fourth-order valence-corrected chi connectivity index (χ4v) is 5.53. The number of aliphatic hydroxyl groups excluding tert-OH is 1. The molecule has 1 heterocycles. The molecule has 206 valence electrons. The first-order valence-electron chi connectivity index (χ1n) is 12.9. The number of aliphatic hydroxyl groups is 1. The third-order valence-corrected chi connectivity index (χ3v) is 7.95. The molecule has 3 amide bonds. The van der Waals surface area contributed by atoms with E-state index in [9.17, 15) is 19.5 Å². The minimum Gasteiger partial charge on any atom is -0.449 e. The van der Waals surface area contributed by atoms with Crippen LogP contribution in [0.15, 0.2) is 54.6 Å². The van der Waals surface area contributed by atoms with Crippen molar-refractivity contribution in [3.8, 4) is 0 Å². The van der Waals surface area contributed by atoms with Crippen molar-refractivity contribution < 1.29 is 24.2 Å². The number of amides is 3. The summed E-state index contributed by atoms with van der Waals surface area (Å²) in [7, 11) is 0. The van der Waals surface area contributed by atoms with Crippen molar-refractivity contribution in [3.63, 3.8) is 0 Å². The highest BCUT2D eigenvalue weighted by Crippen LogP contribution is 2.40. The Hall–Kier alpha value is -3.04. The second kappa shape index (κ2) is 13.2. The van der Waals surface area contributed by atoms with Crippen LogP contribution in [0.25, 0.3) is 0 Å². The third-order valence-electron chi connectivity index (χ3n) is 6.58. The summed E-state index contributed by atoms with van der Waals surface area (Å²) in [5, 5.41) is 16.9. The van der Waals surface area contributed by atoms with Gasteiger partial charge in [0.15, 0.2) is 6.10 Å². The highest BCUT2D eigenvalue weighted by atomic mass is 32.2. The summed E-state index contributed by atoms with van der Waals surface area (Å²) in [5.41, 5.74) is 2.90. The first-order chi connectivity index (χ1) is 18.0. The van der Waals surface area contributed by atoms with E-state index in [0.29, 0.717) is 6.54 Å². The van der Waals surface area contributed by atoms with E-state index in [1.807, 2.05) is 89.2 Å². The van der Waals surface area contributed by atoms with E-state index in [2.05, 4.69) is 10.6 Å². The van der Waals surface area contributed by atoms with Crippen LogP contribution in [0, 0.1) is 12.8 Å². The highest BCUT2D eigenvalue weighted by Gasteiger charge is 2.49. The number of hydrogen-bond acceptors (Lipinski definition) is 6. The monoisotopic (exact) mass is 541 g/mol. The molecule has 1 aliphatic rings. The molecule has 8 nitrogen and oxygen atoms in total. The van der Waals surface area contributed by atoms with Crippen LogP contribution in [-0.2, 0) is 27.3 Å². The predicted octanol–water partition coefficient (Wildman–Crippen LogP) is 3.65. The summed E-state index contributed by atoms with van der Waals surface area (Å²) in [4.78, 5) is 40.9. The zero-order valence-electron chi connectivity index (χ0n) is 22.8. The zero-order valence-corrected chi connectivity index (χ0v) is 23.6. The van der Waals surface area contributed by atoms with E-state index in [0.717, 1.165) is 16.7 Å². The Morgan fingerprint density at radius 2 is 1.76 bits per heavy atom. The molecule has 1 fully saturated rings. The second-order valence-electron chi connectivity index (χ2n) is 10.6. The Bertz CT molecular complexity index is 1110. The molecule has 2 aromatic carbocycles. The number of aryl methyl sites for hydroxylation is 1. The van der Waals surface area contributed by atoms with E-state index in [4.69, 9.17) is 4.74 Å². The molecule has 0 unspecified atom stereocenters. The Morgan fingerprint density at radius 1 is 1.11 bits per heavy atom. The molecule has 9 heteroatoms. The van der Waals surface area contributed by atoms with Crippen LogP contribution < -0.4 is 10.6 Å². The van der Waals surface area contributed by atoms with E-state index in [-0.39, 0.29) is 30.7 Å². The number of hydrogen-bond donors (Lipinski definition) is 3. The van der Waals surface area contributed by atoms with Crippen LogP contribution >= 0.6 is 11.8 Å². The van der Waals surface area contributed by atoms with Crippen LogP contribution in [0.4, 0.5) is 4.79 Å². The number of rotatable bonds is 10. The Kier molecular flexibility index (Phi) is 10.2. The van der Waals surface area contributed by atoms with Gasteiger partial charge in [-0.25, -0.2) is 4.79 Å². The van der Waals surface area contributed by atoms with Crippen molar-refractivity contribution in [2.75, 3.05) is 12.5 Å². The standard InChI is InChI=1S/C29H39N3O5S/c1-19(2)17-37-28(36)31-23(15-21-12-7-6-8-13-21)24(33)27(35)32-18-38-29(4,5)25(32)26(34)30-16-22-14-10-9-11-20(22)3/h6-14,19,23-25,33H,15-18H2,1-5H3,(H,30,34)(H,31,36)/t23-,24-,25+/m0/s1. The van der Waals surface area contributed by atoms with E-state index < -0.39 is 34.9 Å². The van der Waals surface area contributed by atoms with Crippen LogP contribution in [0.3, 0.4) is 0 Å². The molecule has 3 rings (SSSR count). The zero-order chi connectivity index (χ0) is 27.9. The van der Waals surface area contributed by atoms with Gasteiger partial charge < -0.3 is 25.4 Å². The Balaban J connectivity index is 1.77. The number of carbonyl (C=O) groups excluding carboxylic acids is 3. The fraction of sp³-hybridized carbons (Fsp3) is 0.483. The molecule has 2 aromatic rings. The summed E-state index contributed by atoms with van der Waals surface area (Å²) in [5.74, 6) is -0.499. The molecule has 3 N–H and O–H groups in total. The topological polar surface area (TPSA) is 108 Å². The van der Waals surface area contributed by atoms with Gasteiger partial charge in [0.1, 0.15) is 6.04 Å². The maximum absolute atomic E-state index is 13.6. The number of alkyl carbamates (subject to hydrolysis) is 1. The summed E-state index contributed by atoms with van der Waals surface area (Å²) in [6.07, 6.45) is -2.04. The molecule has 1 saturated heterocycles. The number of nitrogens with one attached hydrogen (secondary N) is 2. The normalized spacial score (nSPS) is 18.1. The smallest absolute Gasteiger partial charge is 0.407 e. The maximum atomic E-state index is 13.6. The maximum Gasteiger partial charge on any atom is 0.407 e. The molecule has 38 heavy (non-hydrogen) atoms. The molecule has 0 saturated carbocycles. The quantitative estimate of drug-likeness (QED) is 0.424. The van der Waals surface area contributed by atoms with E-state index in [1.165, 1.54) is 16.7 Å². The molecule has 0 spiro atoms. The van der Waals surface area contributed by atoms with Gasteiger partial charge >= 0.3 is 6.09 Å². The van der Waals surface area contributed by atoms with Gasteiger partial charge in [0.05, 0.1) is 18.5 Å². The van der Waals surface area contributed by atoms with Crippen molar-refractivity contribution in [3.05, 3.63) is 71.3 Å². The third kappa shape index (κ3) is 7.74. The number of carbonyl (C=O) groups is 3. The fourth-order valence-electron chi connectivity index (χ4n) is 4.39. The lowest BCUT2D eigenvalue weighted by molar-refractivity contribution is -0.147. The van der Waals surface area contributed by atoms with Crippen LogP contribution in [0.5, 0.6) is 0 Å². The molecule has 0 aliphatic carbocycles. The van der Waals surface area contributed by atoms with Gasteiger partial charge in [-0.1, -0.05) is 68.4 Å². The highest BCUT2D eigenvalue weighted by molar-refractivity contribution is 8.00. The lowest BCUT2D eigenvalue weighted by Crippen LogP contribution is -2.58. The Morgan fingerprint density at radius 3 is 2.42 bits per heavy atom. The number of thioether (sulfide) groups is 1. The summed E-state index contributed by atoms with van der Waals surface area (Å²) >= 11 is 1.48. The minimum absolute atomic E-state index is 0.141. The number of benzene rings is 2. The SMILES string of the molecule is Cc1ccccc1CNC(=O)[C@H]1N(C(=O)[C@@H](O)[C@H](Cc2ccccc2)NC(=O)OCC(C)C)CSC1(C)C. The average Bonchev–Trinajstić information content (AvgIpc) is 3.21. The molecular formula is C29H39N3O5S. The van der Waals surface area contributed by atoms with Gasteiger partial charge in [-0.3, -0.25) is 9.59 Å². The molecule has 1 aliphatic heterocycles. The second-order valence-corrected chi connectivity index (χ2v) is 12.2.